The molecule has 1 rings (SSSR count). The summed E-state index contributed by atoms with van der Waals surface area (Å²) in [7, 11) is 0. The van der Waals surface area contributed by atoms with Crippen molar-refractivity contribution in [3.05, 3.63) is 48.6 Å². The third-order valence-corrected chi connectivity index (χ3v) is 14.7. The van der Waals surface area contributed by atoms with Crippen molar-refractivity contribution in [2.75, 3.05) is 13.2 Å². The van der Waals surface area contributed by atoms with Crippen molar-refractivity contribution >= 4 is 11.9 Å². The maximum absolute atomic E-state index is 13.4. The Kier molecular flexibility index (Phi) is 49.3. The zero-order valence-corrected chi connectivity index (χ0v) is 48.4. The lowest BCUT2D eigenvalue weighted by Gasteiger charge is -2.41. The molecule has 438 valence electrons. The molecule has 1 aliphatic rings. The summed E-state index contributed by atoms with van der Waals surface area (Å²) in [5.41, 5.74) is 0. The van der Waals surface area contributed by atoms with E-state index in [0.29, 0.717) is 12.8 Å². The maximum Gasteiger partial charge on any atom is 0.306 e. The Hall–Kier alpha value is -2.38. The lowest BCUT2D eigenvalue weighted by Crippen LogP contribution is -2.61. The van der Waals surface area contributed by atoms with E-state index < -0.39 is 67.4 Å². The second kappa shape index (κ2) is 52.3. The van der Waals surface area contributed by atoms with Gasteiger partial charge in [0.25, 0.3) is 0 Å². The monoisotopic (exact) mass is 1060 g/mol. The van der Waals surface area contributed by atoms with Gasteiger partial charge in [-0.15, -0.1) is 0 Å². The first-order valence-corrected chi connectivity index (χ1v) is 31.4. The van der Waals surface area contributed by atoms with Crippen LogP contribution in [0.25, 0.3) is 0 Å². The van der Waals surface area contributed by atoms with Crippen molar-refractivity contribution in [1.82, 2.24) is 5.32 Å². The fourth-order valence-corrected chi connectivity index (χ4v) is 9.68. The van der Waals surface area contributed by atoms with Crippen molar-refractivity contribution in [3.63, 3.8) is 0 Å². The highest BCUT2D eigenvalue weighted by atomic mass is 16.7. The Bertz CT molecular complexity index is 1400. The maximum atomic E-state index is 13.4. The van der Waals surface area contributed by atoms with Gasteiger partial charge < -0.3 is 45.1 Å². The van der Waals surface area contributed by atoms with E-state index in [0.717, 1.165) is 77.0 Å². The minimum absolute atomic E-state index is 0.104. The molecule has 0 aromatic rings. The van der Waals surface area contributed by atoms with Gasteiger partial charge in [-0.2, -0.15) is 0 Å². The standard InChI is InChI=1S/C64H117NO10/c1-4-7-10-13-16-19-22-25-27-28-29-30-31-32-33-36-39-42-45-48-51-57(68)63(72)65-55(56(67)50-47-44-41-38-35-24-21-18-15-12-9-6-3)54-73-64-62(61(71)60(70)58(53-66)74-64)75-59(69)52-49-46-43-40-37-34-26-23-20-17-14-11-8-5-2/h16,19,25,27,34,37,47,50,55-58,60-62,64,66-68,70-71H,4-15,17-18,20-24,26,28-33,35-36,38-46,48-49,51-54H2,1-3H3,(H,65,72)/b19-16-,27-25-,37-34-,50-47+. The van der Waals surface area contributed by atoms with Crippen LogP contribution in [-0.2, 0) is 23.8 Å². The van der Waals surface area contributed by atoms with Crippen molar-refractivity contribution in [2.24, 2.45) is 0 Å². The van der Waals surface area contributed by atoms with Gasteiger partial charge in [0.2, 0.25) is 5.91 Å². The number of hydrogen-bond donors (Lipinski definition) is 6. The molecule has 11 heteroatoms. The van der Waals surface area contributed by atoms with Crippen LogP contribution in [0.1, 0.15) is 284 Å². The fourth-order valence-electron chi connectivity index (χ4n) is 9.68. The van der Waals surface area contributed by atoms with E-state index in [1.165, 1.54) is 161 Å². The zero-order valence-electron chi connectivity index (χ0n) is 48.4. The number of ether oxygens (including phenoxy) is 3. The number of carbonyl (C=O) groups excluding carboxylic acids is 2. The Morgan fingerprint density at radius 3 is 1.40 bits per heavy atom. The number of nitrogens with one attached hydrogen (secondary N) is 1. The minimum Gasteiger partial charge on any atom is -0.454 e. The number of aliphatic hydroxyl groups excluding tert-OH is 5. The second-order valence-corrected chi connectivity index (χ2v) is 21.8. The summed E-state index contributed by atoms with van der Waals surface area (Å²) < 4.78 is 17.6. The molecule has 0 saturated carbocycles. The van der Waals surface area contributed by atoms with Crippen LogP contribution in [-0.4, -0.2) is 99.6 Å². The number of rotatable bonds is 53. The van der Waals surface area contributed by atoms with E-state index in [1.54, 1.807) is 6.08 Å². The number of carbonyl (C=O) groups is 2. The summed E-state index contributed by atoms with van der Waals surface area (Å²) in [6.45, 7) is 5.76. The molecule has 8 unspecified atom stereocenters. The van der Waals surface area contributed by atoms with Crippen LogP contribution in [0.4, 0.5) is 0 Å². The van der Waals surface area contributed by atoms with E-state index in [-0.39, 0.29) is 19.4 Å². The minimum atomic E-state index is -1.62. The SMILES string of the molecule is CCCCC/C=C\C/C=C\CCCCCCCCCCCCC(O)C(=O)NC(COC1OC(CO)C(O)C(O)C1OC(=O)CCCCC/C=C\CCCCCCCCC)C(O)/C=C/CCCCCCCCCCCC. The van der Waals surface area contributed by atoms with Gasteiger partial charge in [-0.05, 0) is 83.5 Å². The summed E-state index contributed by atoms with van der Waals surface area (Å²) in [4.78, 5) is 26.5. The van der Waals surface area contributed by atoms with Crippen molar-refractivity contribution in [1.29, 1.82) is 0 Å². The Labute approximate surface area is 459 Å². The van der Waals surface area contributed by atoms with E-state index >= 15 is 0 Å². The van der Waals surface area contributed by atoms with Crippen LogP contribution in [0.15, 0.2) is 48.6 Å². The van der Waals surface area contributed by atoms with Crippen molar-refractivity contribution in [2.45, 2.75) is 333 Å². The predicted octanol–water partition coefficient (Wildman–Crippen LogP) is 14.8. The number of hydrogen-bond acceptors (Lipinski definition) is 10. The van der Waals surface area contributed by atoms with Gasteiger partial charge in [0.1, 0.15) is 24.4 Å². The predicted molar refractivity (Wildman–Crippen MR) is 310 cm³/mol. The van der Waals surface area contributed by atoms with Crippen LogP contribution in [0.2, 0.25) is 0 Å². The number of allylic oxidation sites excluding steroid dienone is 7. The van der Waals surface area contributed by atoms with E-state index in [1.807, 2.05) is 6.08 Å². The van der Waals surface area contributed by atoms with Crippen LogP contribution < -0.4 is 5.32 Å². The van der Waals surface area contributed by atoms with Gasteiger partial charge in [-0.25, -0.2) is 0 Å². The van der Waals surface area contributed by atoms with E-state index in [9.17, 15) is 35.1 Å². The normalized spacial score (nSPS) is 19.5. The molecule has 1 saturated heterocycles. The quantitative estimate of drug-likeness (QED) is 0.0195. The molecular formula is C64H117NO10. The fraction of sp³-hybridized carbons (Fsp3) is 0.844. The average Bonchev–Trinajstić information content (AvgIpc) is 3.41. The summed E-state index contributed by atoms with van der Waals surface area (Å²) in [5, 5.41) is 57.0. The summed E-state index contributed by atoms with van der Waals surface area (Å²) in [5.74, 6) is -1.21. The van der Waals surface area contributed by atoms with Gasteiger partial charge in [-0.3, -0.25) is 9.59 Å². The molecule has 75 heavy (non-hydrogen) atoms. The van der Waals surface area contributed by atoms with Crippen LogP contribution >= 0.6 is 0 Å². The summed E-state index contributed by atoms with van der Waals surface area (Å²) in [6, 6.07) is -1.03. The first kappa shape index (κ1) is 70.6. The Balaban J connectivity index is 2.67. The molecule has 1 amide bonds. The molecule has 0 bridgehead atoms. The van der Waals surface area contributed by atoms with Crippen molar-refractivity contribution < 1.29 is 49.3 Å². The molecule has 8 atom stereocenters. The molecule has 1 aliphatic heterocycles. The number of unbranched alkanes of at least 4 members (excludes halogenated alkanes) is 33. The number of aliphatic hydroxyl groups is 5. The van der Waals surface area contributed by atoms with Gasteiger partial charge in [0.15, 0.2) is 12.4 Å². The Morgan fingerprint density at radius 2 is 0.920 bits per heavy atom. The highest BCUT2D eigenvalue weighted by Crippen LogP contribution is 2.26. The highest BCUT2D eigenvalue weighted by molar-refractivity contribution is 5.80. The molecular weight excluding hydrogens is 943 g/mol. The molecule has 0 aromatic heterocycles. The molecule has 1 fully saturated rings. The van der Waals surface area contributed by atoms with E-state index in [2.05, 4.69) is 62.5 Å². The molecule has 1 heterocycles. The smallest absolute Gasteiger partial charge is 0.306 e. The van der Waals surface area contributed by atoms with Crippen LogP contribution in [0.3, 0.4) is 0 Å². The number of amides is 1. The highest BCUT2D eigenvalue weighted by Gasteiger charge is 2.47. The van der Waals surface area contributed by atoms with E-state index in [4.69, 9.17) is 14.2 Å². The largest absolute Gasteiger partial charge is 0.454 e. The van der Waals surface area contributed by atoms with Gasteiger partial charge >= 0.3 is 5.97 Å². The van der Waals surface area contributed by atoms with Crippen molar-refractivity contribution in [3.8, 4) is 0 Å². The van der Waals surface area contributed by atoms with Gasteiger partial charge in [0.05, 0.1) is 25.4 Å². The molecule has 0 radical (unpaired) electrons. The first-order valence-electron chi connectivity index (χ1n) is 31.4. The lowest BCUT2D eigenvalue weighted by molar-refractivity contribution is -0.305. The third-order valence-electron chi connectivity index (χ3n) is 14.7. The van der Waals surface area contributed by atoms with Gasteiger partial charge in [0, 0.05) is 6.42 Å². The third kappa shape index (κ3) is 40.5. The average molecular weight is 1060 g/mol. The summed E-state index contributed by atoms with van der Waals surface area (Å²) in [6.07, 6.45) is 52.9. The number of esters is 1. The molecule has 6 N–H and O–H groups in total. The zero-order chi connectivity index (χ0) is 54.7. The van der Waals surface area contributed by atoms with Crippen LogP contribution in [0.5, 0.6) is 0 Å². The molecule has 11 nitrogen and oxygen atoms in total. The second-order valence-electron chi connectivity index (χ2n) is 21.8. The molecule has 0 aromatic carbocycles. The molecule has 0 spiro atoms. The summed E-state index contributed by atoms with van der Waals surface area (Å²) >= 11 is 0. The topological polar surface area (TPSA) is 175 Å². The van der Waals surface area contributed by atoms with Gasteiger partial charge in [-0.1, -0.05) is 243 Å². The molecule has 0 aliphatic carbocycles. The van der Waals surface area contributed by atoms with Crippen LogP contribution in [0, 0.1) is 0 Å². The first-order chi connectivity index (χ1) is 36.7. The lowest BCUT2D eigenvalue weighted by atomic mass is 9.99. The Morgan fingerprint density at radius 1 is 0.520 bits per heavy atom.